The van der Waals surface area contributed by atoms with Gasteiger partial charge in [-0.2, -0.15) is 37.0 Å². The van der Waals surface area contributed by atoms with Crippen molar-refractivity contribution < 1.29 is 36.2 Å². The number of rotatable bonds is 6. The van der Waals surface area contributed by atoms with E-state index in [4.69, 9.17) is 31.6 Å². The zero-order valence-electron chi connectivity index (χ0n) is 30.3. The number of amides is 1. The van der Waals surface area contributed by atoms with Crippen LogP contribution in [0, 0.1) is 24.7 Å². The van der Waals surface area contributed by atoms with E-state index in [0.29, 0.717) is 54.4 Å². The summed E-state index contributed by atoms with van der Waals surface area (Å²) in [5.41, 5.74) is 8.46. The highest BCUT2D eigenvalue weighted by molar-refractivity contribution is 5.93. The number of hydrogen-bond donors (Lipinski definition) is 2. The fourth-order valence-corrected chi connectivity index (χ4v) is 8.81. The van der Waals surface area contributed by atoms with Crippen molar-refractivity contribution >= 4 is 17.4 Å². The number of ether oxygens (including phenoxy) is 2. The van der Waals surface area contributed by atoms with E-state index in [9.17, 15) is 26.7 Å². The van der Waals surface area contributed by atoms with Crippen molar-refractivity contribution in [2.75, 3.05) is 43.9 Å². The van der Waals surface area contributed by atoms with Gasteiger partial charge < -0.3 is 25.4 Å². The lowest BCUT2D eigenvalue weighted by Crippen LogP contribution is -2.43. The van der Waals surface area contributed by atoms with Crippen LogP contribution in [0.15, 0.2) is 24.8 Å². The molecule has 4 aliphatic heterocycles. The molecule has 3 fully saturated rings. The van der Waals surface area contributed by atoms with Gasteiger partial charge in [-0.3, -0.25) is 14.4 Å². The monoisotopic (exact) mass is 754 g/mol. The van der Waals surface area contributed by atoms with Crippen LogP contribution < -0.4 is 20.7 Å². The predicted octanol–water partition coefficient (Wildman–Crippen LogP) is 5.94. The maximum absolute atomic E-state index is 14.4. The van der Waals surface area contributed by atoms with E-state index in [1.807, 2.05) is 11.6 Å². The Kier molecular flexibility index (Phi) is 9.84. The molecule has 0 bridgehead atoms. The summed E-state index contributed by atoms with van der Waals surface area (Å²) in [6, 6.07) is 2.66. The van der Waals surface area contributed by atoms with Gasteiger partial charge in [-0.25, -0.2) is 0 Å². The standard InChI is InChI=1S/C36H41F3N8O3.C2H2F2/c1-4-22-13-23(40)14-24(29(22)36(37,38)39)28-15-26-25(17-49-28)31(45-10-6-12-47-27(16-45)21(2)30(44-47)32(48)41-3)43-33(42-26)50-20-35-7-5-11-46(35)19-34(18-35)8-9-34;1-2(3)4/h1,13-14,28H,5-12,15-20,40H2,2-3H3,(H,41,48);1H2. The number of aromatic nitrogens is 4. The van der Waals surface area contributed by atoms with Crippen molar-refractivity contribution in [2.45, 2.75) is 89.4 Å². The van der Waals surface area contributed by atoms with Gasteiger partial charge in [0.05, 0.1) is 41.7 Å². The Bertz CT molecular complexity index is 2020. The number of nitrogens with zero attached hydrogens (tertiary/aromatic N) is 6. The molecule has 1 saturated carbocycles. The summed E-state index contributed by atoms with van der Waals surface area (Å²) in [6.07, 6.45) is 4.53. The van der Waals surface area contributed by atoms with Crippen LogP contribution in [-0.2, 0) is 37.0 Å². The van der Waals surface area contributed by atoms with Gasteiger partial charge in [0.25, 0.3) is 12.0 Å². The minimum Gasteiger partial charge on any atom is -0.461 e. The van der Waals surface area contributed by atoms with Crippen LogP contribution in [0.5, 0.6) is 6.01 Å². The number of alkyl halides is 3. The summed E-state index contributed by atoms with van der Waals surface area (Å²) in [6.45, 7) is 8.36. The second kappa shape index (κ2) is 14.2. The molecule has 6 heterocycles. The van der Waals surface area contributed by atoms with E-state index in [0.717, 1.165) is 56.1 Å². The van der Waals surface area contributed by atoms with E-state index in [-0.39, 0.29) is 47.3 Å². The first-order valence-electron chi connectivity index (χ1n) is 18.1. The third-order valence-electron chi connectivity index (χ3n) is 11.4. The maximum Gasteiger partial charge on any atom is 0.417 e. The number of fused-ring (bicyclic) bond motifs is 3. The molecule has 1 spiro atoms. The summed E-state index contributed by atoms with van der Waals surface area (Å²) in [4.78, 5) is 27.1. The van der Waals surface area contributed by atoms with Crippen LogP contribution in [0.25, 0.3) is 0 Å². The quantitative estimate of drug-likeness (QED) is 0.179. The Hall–Kier alpha value is -4.75. The number of aryl methyl sites for hydroxylation is 1. The second-order valence-corrected chi connectivity index (χ2v) is 15.0. The Morgan fingerprint density at radius 2 is 1.94 bits per heavy atom. The molecule has 16 heteroatoms. The molecule has 5 aliphatic rings. The number of halogens is 5. The van der Waals surface area contributed by atoms with Crippen molar-refractivity contribution in [2.24, 2.45) is 5.41 Å². The number of carbonyl (C=O) groups is 1. The zero-order chi connectivity index (χ0) is 38.6. The summed E-state index contributed by atoms with van der Waals surface area (Å²) < 4.78 is 78.2. The Labute approximate surface area is 310 Å². The molecule has 1 amide bonds. The molecule has 2 unspecified atom stereocenters. The average molecular weight is 755 g/mol. The van der Waals surface area contributed by atoms with Crippen molar-refractivity contribution in [3.63, 3.8) is 0 Å². The molecule has 3 N–H and O–H groups in total. The fraction of sp³-hybridized carbons (Fsp3) is 0.526. The normalized spacial score (nSPS) is 22.6. The molecule has 3 aromatic rings. The molecule has 288 valence electrons. The minimum atomic E-state index is -4.72. The molecule has 1 aromatic carbocycles. The maximum atomic E-state index is 14.4. The van der Waals surface area contributed by atoms with Gasteiger partial charge in [0, 0.05) is 55.5 Å². The van der Waals surface area contributed by atoms with Crippen LogP contribution in [0.3, 0.4) is 0 Å². The number of carbonyl (C=O) groups excluding carboxylic acids is 1. The van der Waals surface area contributed by atoms with Crippen LogP contribution in [0.2, 0.25) is 0 Å². The third kappa shape index (κ3) is 7.11. The highest BCUT2D eigenvalue weighted by Gasteiger charge is 2.60. The first-order valence-corrected chi connectivity index (χ1v) is 18.1. The summed E-state index contributed by atoms with van der Waals surface area (Å²) in [5, 5.41) is 7.27. The van der Waals surface area contributed by atoms with Crippen molar-refractivity contribution in [3.8, 4) is 18.4 Å². The number of terminal acetylenes is 1. The molecule has 2 saturated heterocycles. The first-order chi connectivity index (χ1) is 25.7. The number of nitrogens with one attached hydrogen (secondary N) is 1. The Balaban J connectivity index is 0.00000107. The average Bonchev–Trinajstić information content (AvgIpc) is 3.61. The van der Waals surface area contributed by atoms with E-state index >= 15 is 0 Å². The number of nitrogens with two attached hydrogens (primary N) is 1. The van der Waals surface area contributed by atoms with Gasteiger partial charge in [-0.15, -0.1) is 6.42 Å². The second-order valence-electron chi connectivity index (χ2n) is 15.0. The van der Waals surface area contributed by atoms with E-state index in [2.05, 4.69) is 32.7 Å². The lowest BCUT2D eigenvalue weighted by Gasteiger charge is -2.33. The third-order valence-corrected chi connectivity index (χ3v) is 11.4. The molecule has 2 aromatic heterocycles. The van der Waals surface area contributed by atoms with Gasteiger partial charge in [-0.1, -0.05) is 5.92 Å². The highest BCUT2D eigenvalue weighted by atomic mass is 19.4. The molecule has 2 atom stereocenters. The molecular formula is C38H43F5N8O3. The highest BCUT2D eigenvalue weighted by Crippen LogP contribution is 2.60. The SMILES string of the molecule is C#Cc1cc(N)cc(C2Cc3nc(OCC45CCCN4CC4(CC4)C5)nc(N4CCCn5nc(C(=O)NC)c(C)c5C4)c3CO2)c1C(F)(F)F.C=C(F)F. The van der Waals surface area contributed by atoms with Gasteiger partial charge in [-0.05, 0) is 81.7 Å². The lowest BCUT2D eigenvalue weighted by molar-refractivity contribution is -0.140. The van der Waals surface area contributed by atoms with Crippen molar-refractivity contribution in [1.29, 1.82) is 0 Å². The number of nitrogen functional groups attached to an aromatic ring is 1. The van der Waals surface area contributed by atoms with Crippen LogP contribution in [0.4, 0.5) is 33.5 Å². The van der Waals surface area contributed by atoms with E-state index in [1.165, 1.54) is 18.9 Å². The van der Waals surface area contributed by atoms with Crippen LogP contribution >= 0.6 is 0 Å². The summed E-state index contributed by atoms with van der Waals surface area (Å²) in [7, 11) is 1.58. The van der Waals surface area contributed by atoms with E-state index in [1.54, 1.807) is 7.05 Å². The largest absolute Gasteiger partial charge is 0.461 e. The van der Waals surface area contributed by atoms with Gasteiger partial charge in [0.1, 0.15) is 12.4 Å². The van der Waals surface area contributed by atoms with Gasteiger partial charge >= 0.3 is 12.2 Å². The van der Waals surface area contributed by atoms with E-state index < -0.39 is 23.9 Å². The van der Waals surface area contributed by atoms with Crippen molar-refractivity contribution in [1.82, 2.24) is 30.0 Å². The fourth-order valence-electron chi connectivity index (χ4n) is 8.81. The molecule has 1 aliphatic carbocycles. The summed E-state index contributed by atoms with van der Waals surface area (Å²) in [5.74, 6) is 2.52. The van der Waals surface area contributed by atoms with Crippen LogP contribution in [-0.4, -0.2) is 69.4 Å². The number of anilines is 2. The first kappa shape index (κ1) is 37.6. The van der Waals surface area contributed by atoms with Crippen molar-refractivity contribution in [3.05, 3.63) is 69.7 Å². The predicted molar refractivity (Wildman–Crippen MR) is 190 cm³/mol. The van der Waals surface area contributed by atoms with Crippen LogP contribution in [0.1, 0.15) is 94.3 Å². The topological polar surface area (TPSA) is 124 Å². The number of hydrogen-bond acceptors (Lipinski definition) is 9. The summed E-state index contributed by atoms with van der Waals surface area (Å²) >= 11 is 0. The van der Waals surface area contributed by atoms with Gasteiger partial charge in [0.15, 0.2) is 5.69 Å². The molecule has 8 rings (SSSR count). The molecular weight excluding hydrogens is 711 g/mol. The smallest absolute Gasteiger partial charge is 0.417 e. The van der Waals surface area contributed by atoms with Gasteiger partial charge in [0.2, 0.25) is 0 Å². The Morgan fingerprint density at radius 3 is 2.63 bits per heavy atom. The zero-order valence-corrected chi connectivity index (χ0v) is 30.3. The molecule has 11 nitrogen and oxygen atoms in total. The lowest BCUT2D eigenvalue weighted by atomic mass is 9.89. The Morgan fingerprint density at radius 1 is 1.19 bits per heavy atom. The molecule has 54 heavy (non-hydrogen) atoms. The minimum absolute atomic E-state index is 0.0223. The molecule has 0 radical (unpaired) electrons. The number of benzene rings is 1.